The van der Waals surface area contributed by atoms with Gasteiger partial charge in [-0.2, -0.15) is 0 Å². The molecule has 5 rings (SSSR count). The lowest BCUT2D eigenvalue weighted by atomic mass is 9.93. The fraction of sp³-hybridized carbons (Fsp3) is 0.321. The molecule has 0 bridgehead atoms. The molecule has 0 saturated heterocycles. The van der Waals surface area contributed by atoms with E-state index in [9.17, 15) is 19.2 Å². The average molecular weight is 500 g/mol. The number of imidazole rings is 1. The Morgan fingerprint density at radius 1 is 1.05 bits per heavy atom. The van der Waals surface area contributed by atoms with Gasteiger partial charge in [0.25, 0.3) is 11.8 Å². The first-order chi connectivity index (χ1) is 17.7. The molecule has 9 heteroatoms. The van der Waals surface area contributed by atoms with E-state index in [-0.39, 0.29) is 41.6 Å². The van der Waals surface area contributed by atoms with Gasteiger partial charge in [0.05, 0.1) is 12.9 Å². The van der Waals surface area contributed by atoms with E-state index in [1.807, 2.05) is 31.2 Å². The van der Waals surface area contributed by atoms with Crippen LogP contribution in [0.15, 0.2) is 54.9 Å². The smallest absolute Gasteiger partial charge is 0.276 e. The molecular formula is C28H29N5O4. The van der Waals surface area contributed by atoms with Crippen molar-refractivity contribution in [1.29, 1.82) is 0 Å². The minimum absolute atomic E-state index is 0.00779. The summed E-state index contributed by atoms with van der Waals surface area (Å²) in [6, 6.07) is 14.4. The van der Waals surface area contributed by atoms with Crippen molar-refractivity contribution in [2.75, 3.05) is 5.32 Å². The third-order valence-electron chi connectivity index (χ3n) is 7.01. The van der Waals surface area contributed by atoms with Crippen LogP contribution in [-0.4, -0.2) is 49.5 Å². The van der Waals surface area contributed by atoms with E-state index < -0.39 is 11.4 Å². The van der Waals surface area contributed by atoms with Gasteiger partial charge in [-0.05, 0) is 63.4 Å². The molecule has 2 N–H and O–H groups in total. The number of hydrogen-bond donors (Lipinski definition) is 2. The number of hydrogen-bond acceptors (Lipinski definition) is 5. The molecule has 1 atom stereocenters. The summed E-state index contributed by atoms with van der Waals surface area (Å²) in [6.45, 7) is 5.80. The predicted molar refractivity (Wildman–Crippen MR) is 137 cm³/mol. The van der Waals surface area contributed by atoms with E-state index in [0.717, 1.165) is 24.0 Å². The van der Waals surface area contributed by atoms with Crippen LogP contribution in [0.2, 0.25) is 0 Å². The zero-order valence-electron chi connectivity index (χ0n) is 21.1. The molecule has 0 spiro atoms. The molecule has 1 saturated carbocycles. The van der Waals surface area contributed by atoms with Crippen LogP contribution in [0.3, 0.4) is 0 Å². The Bertz CT molecular complexity index is 1390. The fourth-order valence-electron chi connectivity index (χ4n) is 4.78. The number of carbonyl (C=O) groups excluding carboxylic acids is 4. The van der Waals surface area contributed by atoms with E-state index in [0.29, 0.717) is 17.8 Å². The maximum atomic E-state index is 13.8. The quantitative estimate of drug-likeness (QED) is 0.484. The van der Waals surface area contributed by atoms with Crippen molar-refractivity contribution in [2.45, 2.75) is 58.3 Å². The van der Waals surface area contributed by atoms with Crippen molar-refractivity contribution < 1.29 is 19.2 Å². The van der Waals surface area contributed by atoms with Crippen molar-refractivity contribution in [1.82, 2.24) is 19.8 Å². The summed E-state index contributed by atoms with van der Waals surface area (Å²) in [6.07, 6.45) is 3.06. The van der Waals surface area contributed by atoms with Crippen LogP contribution < -0.4 is 10.6 Å². The summed E-state index contributed by atoms with van der Waals surface area (Å²) >= 11 is 0. The highest BCUT2D eigenvalue weighted by Gasteiger charge is 2.53. The zero-order valence-corrected chi connectivity index (χ0v) is 21.1. The van der Waals surface area contributed by atoms with Crippen molar-refractivity contribution in [3.05, 3.63) is 82.9 Å². The van der Waals surface area contributed by atoms with Crippen LogP contribution in [-0.2, 0) is 17.9 Å². The summed E-state index contributed by atoms with van der Waals surface area (Å²) in [4.78, 5) is 57.7. The molecule has 37 heavy (non-hydrogen) atoms. The summed E-state index contributed by atoms with van der Waals surface area (Å²) in [5.74, 6) is -1.22. The van der Waals surface area contributed by atoms with Gasteiger partial charge in [-0.3, -0.25) is 19.2 Å². The lowest BCUT2D eigenvalue weighted by Crippen LogP contribution is -2.64. The molecule has 0 radical (unpaired) electrons. The molecule has 2 aliphatic rings. The molecule has 3 amide bonds. The first kappa shape index (κ1) is 24.4. The molecule has 9 nitrogen and oxygen atoms in total. The molecular weight excluding hydrogens is 470 g/mol. The number of ketones is 1. The summed E-state index contributed by atoms with van der Waals surface area (Å²) in [7, 11) is 0. The summed E-state index contributed by atoms with van der Waals surface area (Å²) in [5.41, 5.74) is 2.20. The third-order valence-corrected chi connectivity index (χ3v) is 7.01. The Labute approximate surface area is 214 Å². The van der Waals surface area contributed by atoms with Gasteiger partial charge in [0, 0.05) is 23.8 Å². The third kappa shape index (κ3) is 4.64. The lowest BCUT2D eigenvalue weighted by molar-refractivity contribution is -0.133. The summed E-state index contributed by atoms with van der Waals surface area (Å²) < 4.78 is 1.60. The number of amides is 3. The van der Waals surface area contributed by atoms with Crippen molar-refractivity contribution in [3.63, 3.8) is 0 Å². The van der Waals surface area contributed by atoms with Crippen LogP contribution >= 0.6 is 0 Å². The molecule has 1 aromatic heterocycles. The Morgan fingerprint density at radius 3 is 2.35 bits per heavy atom. The van der Waals surface area contributed by atoms with Crippen LogP contribution in [0.5, 0.6) is 0 Å². The van der Waals surface area contributed by atoms with Gasteiger partial charge in [0.2, 0.25) is 5.91 Å². The van der Waals surface area contributed by atoms with E-state index in [2.05, 4.69) is 15.6 Å². The minimum Gasteiger partial charge on any atom is -0.350 e. The van der Waals surface area contributed by atoms with Gasteiger partial charge >= 0.3 is 0 Å². The first-order valence-electron chi connectivity index (χ1n) is 12.3. The van der Waals surface area contributed by atoms with Gasteiger partial charge in [-0.25, -0.2) is 4.98 Å². The van der Waals surface area contributed by atoms with Crippen LogP contribution in [0, 0.1) is 6.92 Å². The van der Waals surface area contributed by atoms with Gasteiger partial charge in [-0.1, -0.05) is 29.8 Å². The number of carbonyl (C=O) groups is 4. The molecule has 3 aromatic rings. The maximum absolute atomic E-state index is 13.8. The second-order valence-electron chi connectivity index (χ2n) is 10.0. The van der Waals surface area contributed by atoms with E-state index >= 15 is 0 Å². The number of anilines is 1. The molecule has 0 unspecified atom stereocenters. The number of fused-ring (bicyclic) bond motifs is 1. The minimum atomic E-state index is -1.12. The van der Waals surface area contributed by atoms with Crippen molar-refractivity contribution >= 4 is 29.2 Å². The largest absolute Gasteiger partial charge is 0.350 e. The Morgan fingerprint density at radius 2 is 1.73 bits per heavy atom. The van der Waals surface area contributed by atoms with Crippen molar-refractivity contribution in [3.8, 4) is 0 Å². The Balaban J connectivity index is 1.37. The Kier molecular flexibility index (Phi) is 6.15. The highest BCUT2D eigenvalue weighted by Crippen LogP contribution is 2.39. The number of nitrogens with one attached hydrogen (secondary N) is 2. The van der Waals surface area contributed by atoms with E-state index in [1.165, 1.54) is 13.3 Å². The second-order valence-corrected chi connectivity index (χ2v) is 10.0. The topological polar surface area (TPSA) is 113 Å². The summed E-state index contributed by atoms with van der Waals surface area (Å²) in [5, 5.41) is 5.75. The van der Waals surface area contributed by atoms with Crippen molar-refractivity contribution in [2.24, 2.45) is 0 Å². The SMILES string of the molecule is CC(=O)c1ccc(NC(=O)c2ncn3c2C(=O)N(C2CC2)[C@](C)(C(=O)NCc2ccc(C)cc2)C3)cc1. The fourth-order valence-corrected chi connectivity index (χ4v) is 4.78. The highest BCUT2D eigenvalue weighted by molar-refractivity contribution is 6.11. The zero-order chi connectivity index (χ0) is 26.3. The van der Waals surface area contributed by atoms with Gasteiger partial charge in [-0.15, -0.1) is 0 Å². The van der Waals surface area contributed by atoms with Crippen LogP contribution in [0.1, 0.15) is 69.2 Å². The molecule has 2 heterocycles. The van der Waals surface area contributed by atoms with Gasteiger partial charge in [0.1, 0.15) is 11.2 Å². The molecule has 190 valence electrons. The standard InChI is InChI=1S/C28H29N5O4/c1-17-4-6-19(7-5-17)14-29-27(37)28(3)15-32-16-30-23(24(32)26(36)33(28)22-12-13-22)25(35)31-21-10-8-20(9-11-21)18(2)34/h4-11,16,22H,12-15H2,1-3H3,(H,29,37)(H,31,35)/t28-/m0/s1. The van der Waals surface area contributed by atoms with Gasteiger partial charge < -0.3 is 20.1 Å². The molecule has 1 fully saturated rings. The number of aryl methyl sites for hydroxylation is 1. The number of benzene rings is 2. The molecule has 1 aliphatic carbocycles. The number of aromatic nitrogens is 2. The van der Waals surface area contributed by atoms with Crippen LogP contribution in [0.4, 0.5) is 5.69 Å². The average Bonchev–Trinajstić information content (AvgIpc) is 3.61. The first-order valence-corrected chi connectivity index (χ1v) is 12.3. The Hall–Kier alpha value is -4.27. The predicted octanol–water partition coefficient (Wildman–Crippen LogP) is 3.34. The van der Waals surface area contributed by atoms with Gasteiger partial charge in [0.15, 0.2) is 11.5 Å². The van der Waals surface area contributed by atoms with E-state index in [4.69, 9.17) is 0 Å². The monoisotopic (exact) mass is 499 g/mol. The maximum Gasteiger partial charge on any atom is 0.276 e. The molecule has 2 aromatic carbocycles. The lowest BCUT2D eigenvalue weighted by Gasteiger charge is -2.44. The number of nitrogens with zero attached hydrogens (tertiary/aromatic N) is 3. The second kappa shape index (κ2) is 9.31. The number of rotatable bonds is 7. The number of Topliss-reactive ketones (excluding diaryl/α,β-unsaturated/α-hetero) is 1. The molecule has 1 aliphatic heterocycles. The van der Waals surface area contributed by atoms with E-state index in [1.54, 1.807) is 40.7 Å². The highest BCUT2D eigenvalue weighted by atomic mass is 16.2. The normalized spacial score (nSPS) is 18.8. The van der Waals surface area contributed by atoms with Crippen LogP contribution in [0.25, 0.3) is 0 Å².